The zero-order valence-electron chi connectivity index (χ0n) is 10.7. The lowest BCUT2D eigenvalue weighted by Gasteiger charge is -2.40. The van der Waals surface area contributed by atoms with Gasteiger partial charge in [-0.1, -0.05) is 18.5 Å². The number of rotatable bonds is 2. The lowest BCUT2D eigenvalue weighted by molar-refractivity contribution is 0.199. The zero-order chi connectivity index (χ0) is 13.1. The topological polar surface area (TPSA) is 43.2 Å². The third-order valence-corrected chi connectivity index (χ3v) is 3.83. The Kier molecular flexibility index (Phi) is 4.05. The molecule has 1 aliphatic rings. The van der Waals surface area contributed by atoms with E-state index in [-0.39, 0.29) is 0 Å². The second-order valence-corrected chi connectivity index (χ2v) is 4.91. The molecule has 0 amide bonds. The van der Waals surface area contributed by atoms with Gasteiger partial charge in [0.05, 0.1) is 5.56 Å². The smallest absolute Gasteiger partial charge is 0.148 e. The fourth-order valence-electron chi connectivity index (χ4n) is 2.40. The van der Waals surface area contributed by atoms with Crippen molar-refractivity contribution in [2.45, 2.75) is 19.9 Å². The molecule has 1 saturated heterocycles. The first kappa shape index (κ1) is 13.1. The molecule has 2 rings (SSSR count). The van der Waals surface area contributed by atoms with E-state index >= 15 is 0 Å². The summed E-state index contributed by atoms with van der Waals surface area (Å²) < 4.78 is 0. The molecule has 0 aliphatic carbocycles. The fourth-order valence-corrected chi connectivity index (χ4v) is 2.67. The molecule has 1 aliphatic heterocycles. The third-order valence-electron chi connectivity index (χ3n) is 3.46. The number of aromatic nitrogens is 1. The average molecular weight is 265 g/mol. The molecule has 0 bridgehead atoms. The van der Waals surface area contributed by atoms with Crippen LogP contribution in [0.4, 0.5) is 5.82 Å². The first-order valence-corrected chi connectivity index (χ1v) is 6.58. The lowest BCUT2D eigenvalue weighted by atomic mass is 10.2. The number of nitrogens with zero attached hydrogens (tertiary/aromatic N) is 4. The molecule has 1 aromatic rings. The van der Waals surface area contributed by atoms with E-state index in [0.29, 0.717) is 16.6 Å². The summed E-state index contributed by atoms with van der Waals surface area (Å²) in [5.74, 6) is 0.735. The molecule has 0 saturated carbocycles. The summed E-state index contributed by atoms with van der Waals surface area (Å²) in [6.45, 7) is 8.25. The van der Waals surface area contributed by atoms with Crippen LogP contribution in [0.5, 0.6) is 0 Å². The van der Waals surface area contributed by atoms with Crippen molar-refractivity contribution in [3.63, 3.8) is 0 Å². The molecule has 0 spiro atoms. The van der Waals surface area contributed by atoms with Gasteiger partial charge in [0.25, 0.3) is 0 Å². The van der Waals surface area contributed by atoms with Crippen molar-refractivity contribution in [2.75, 3.05) is 31.1 Å². The number of halogens is 1. The SMILES string of the molecule is CCN1CCN(c2nccc(C#N)c2Cl)CC1C. The van der Waals surface area contributed by atoms with Gasteiger partial charge in [-0.2, -0.15) is 5.26 Å². The number of likely N-dealkylation sites (N-methyl/N-ethyl adjacent to an activating group) is 1. The van der Waals surface area contributed by atoms with Gasteiger partial charge in [0.2, 0.25) is 0 Å². The van der Waals surface area contributed by atoms with E-state index in [1.165, 1.54) is 0 Å². The van der Waals surface area contributed by atoms with Gasteiger partial charge in [0.15, 0.2) is 0 Å². The normalized spacial score (nSPS) is 20.8. The monoisotopic (exact) mass is 264 g/mol. The Hall–Kier alpha value is -1.31. The van der Waals surface area contributed by atoms with Gasteiger partial charge in [-0.25, -0.2) is 4.98 Å². The Morgan fingerprint density at radius 3 is 2.94 bits per heavy atom. The second kappa shape index (κ2) is 5.55. The Morgan fingerprint density at radius 2 is 2.33 bits per heavy atom. The van der Waals surface area contributed by atoms with Crippen molar-refractivity contribution in [1.29, 1.82) is 5.26 Å². The summed E-state index contributed by atoms with van der Waals surface area (Å²) in [4.78, 5) is 8.92. The molecule has 0 aromatic carbocycles. The summed E-state index contributed by atoms with van der Waals surface area (Å²) in [5.41, 5.74) is 0.493. The van der Waals surface area contributed by atoms with E-state index in [0.717, 1.165) is 32.0 Å². The van der Waals surface area contributed by atoms with Crippen LogP contribution in [-0.2, 0) is 0 Å². The van der Waals surface area contributed by atoms with E-state index in [2.05, 4.69) is 34.7 Å². The summed E-state index contributed by atoms with van der Waals surface area (Å²) >= 11 is 6.22. The van der Waals surface area contributed by atoms with Crippen LogP contribution in [0.15, 0.2) is 12.3 Å². The Bertz CT molecular complexity index is 469. The average Bonchev–Trinajstić information content (AvgIpc) is 2.39. The van der Waals surface area contributed by atoms with Crippen LogP contribution in [0.2, 0.25) is 5.02 Å². The number of hydrogen-bond acceptors (Lipinski definition) is 4. The molecule has 4 nitrogen and oxygen atoms in total. The fraction of sp³-hybridized carbons (Fsp3) is 0.538. The maximum atomic E-state index is 8.98. The highest BCUT2D eigenvalue weighted by molar-refractivity contribution is 6.34. The maximum absolute atomic E-state index is 8.98. The Labute approximate surface area is 113 Å². The van der Waals surface area contributed by atoms with Crippen molar-refractivity contribution in [1.82, 2.24) is 9.88 Å². The molecule has 1 aromatic heterocycles. The first-order chi connectivity index (χ1) is 8.67. The molecule has 0 radical (unpaired) electrons. The van der Waals surface area contributed by atoms with Crippen molar-refractivity contribution in [3.05, 3.63) is 22.8 Å². The molecule has 1 atom stereocenters. The summed E-state index contributed by atoms with van der Waals surface area (Å²) in [7, 11) is 0. The molecule has 0 N–H and O–H groups in total. The van der Waals surface area contributed by atoms with Crippen LogP contribution in [0.3, 0.4) is 0 Å². The van der Waals surface area contributed by atoms with Gasteiger partial charge in [-0.05, 0) is 19.5 Å². The van der Waals surface area contributed by atoms with Crippen LogP contribution >= 0.6 is 11.6 Å². The van der Waals surface area contributed by atoms with Gasteiger partial charge in [0, 0.05) is 31.9 Å². The van der Waals surface area contributed by atoms with E-state index in [1.807, 2.05) is 0 Å². The van der Waals surface area contributed by atoms with Gasteiger partial charge in [-0.3, -0.25) is 4.90 Å². The molecule has 96 valence electrons. The lowest BCUT2D eigenvalue weighted by Crippen LogP contribution is -2.52. The molecule has 2 heterocycles. The molecule has 18 heavy (non-hydrogen) atoms. The van der Waals surface area contributed by atoms with Crippen LogP contribution in [0, 0.1) is 11.3 Å². The van der Waals surface area contributed by atoms with Crippen LogP contribution in [-0.4, -0.2) is 42.1 Å². The van der Waals surface area contributed by atoms with Gasteiger partial charge < -0.3 is 4.90 Å². The minimum absolute atomic E-state index is 0.470. The van der Waals surface area contributed by atoms with Crippen molar-refractivity contribution in [3.8, 4) is 6.07 Å². The molecule has 5 heteroatoms. The summed E-state index contributed by atoms with van der Waals surface area (Å²) in [6.07, 6.45) is 1.65. The van der Waals surface area contributed by atoms with Crippen molar-refractivity contribution < 1.29 is 0 Å². The molecule has 1 unspecified atom stereocenters. The van der Waals surface area contributed by atoms with Crippen molar-refractivity contribution in [2.24, 2.45) is 0 Å². The predicted octanol–water partition coefficient (Wildman–Crippen LogP) is 2.14. The highest BCUT2D eigenvalue weighted by atomic mass is 35.5. The quantitative estimate of drug-likeness (QED) is 0.821. The van der Waals surface area contributed by atoms with Gasteiger partial charge >= 0.3 is 0 Å². The highest BCUT2D eigenvalue weighted by Crippen LogP contribution is 2.28. The highest BCUT2D eigenvalue weighted by Gasteiger charge is 2.25. The minimum Gasteiger partial charge on any atom is -0.353 e. The van der Waals surface area contributed by atoms with Crippen molar-refractivity contribution >= 4 is 17.4 Å². The second-order valence-electron chi connectivity index (χ2n) is 4.53. The van der Waals surface area contributed by atoms with E-state index < -0.39 is 0 Å². The van der Waals surface area contributed by atoms with E-state index in [4.69, 9.17) is 16.9 Å². The zero-order valence-corrected chi connectivity index (χ0v) is 11.5. The maximum Gasteiger partial charge on any atom is 0.148 e. The summed E-state index contributed by atoms with van der Waals surface area (Å²) in [6, 6.07) is 4.23. The minimum atomic E-state index is 0.470. The van der Waals surface area contributed by atoms with E-state index in [1.54, 1.807) is 12.3 Å². The third kappa shape index (κ3) is 2.43. The Morgan fingerprint density at radius 1 is 1.56 bits per heavy atom. The molecular weight excluding hydrogens is 248 g/mol. The van der Waals surface area contributed by atoms with Crippen LogP contribution in [0.1, 0.15) is 19.4 Å². The van der Waals surface area contributed by atoms with Gasteiger partial charge in [-0.15, -0.1) is 0 Å². The number of nitriles is 1. The first-order valence-electron chi connectivity index (χ1n) is 6.21. The largest absolute Gasteiger partial charge is 0.353 e. The number of hydrogen-bond donors (Lipinski definition) is 0. The number of anilines is 1. The van der Waals surface area contributed by atoms with E-state index in [9.17, 15) is 0 Å². The number of piperazine rings is 1. The van der Waals surface area contributed by atoms with Crippen LogP contribution < -0.4 is 4.90 Å². The van der Waals surface area contributed by atoms with Gasteiger partial charge in [0.1, 0.15) is 16.9 Å². The standard InChI is InChI=1S/C13H17ClN4/c1-3-17-6-7-18(9-10(17)2)13-12(14)11(8-15)4-5-16-13/h4-5,10H,3,6-7,9H2,1-2H3. The number of pyridine rings is 1. The predicted molar refractivity (Wildman–Crippen MR) is 72.9 cm³/mol. The molecular formula is C13H17ClN4. The van der Waals surface area contributed by atoms with Crippen LogP contribution in [0.25, 0.3) is 0 Å². The molecule has 1 fully saturated rings. The summed E-state index contributed by atoms with van der Waals surface area (Å²) in [5, 5.41) is 9.45. The Balaban J connectivity index is 2.21.